The minimum atomic E-state index is 1.22. The molecular formula is C48H30N2. The van der Waals surface area contributed by atoms with Crippen LogP contribution in [0.2, 0.25) is 0 Å². The number of rotatable bonds is 4. The molecule has 0 saturated heterocycles. The van der Waals surface area contributed by atoms with Gasteiger partial charge < -0.3 is 8.80 Å². The highest BCUT2D eigenvalue weighted by Crippen LogP contribution is 2.46. The number of hydrogen-bond donors (Lipinski definition) is 0. The van der Waals surface area contributed by atoms with Crippen LogP contribution in [0.15, 0.2) is 182 Å². The summed E-state index contributed by atoms with van der Waals surface area (Å²) in [5.41, 5.74) is 17.3. The predicted molar refractivity (Wildman–Crippen MR) is 211 cm³/mol. The molecule has 0 radical (unpaired) electrons. The summed E-state index contributed by atoms with van der Waals surface area (Å²) in [5.74, 6) is 0. The third kappa shape index (κ3) is 3.79. The van der Waals surface area contributed by atoms with Gasteiger partial charge in [-0.05, 0) is 80.9 Å². The molecular weight excluding hydrogens is 605 g/mol. The maximum absolute atomic E-state index is 2.52. The van der Waals surface area contributed by atoms with Crippen molar-refractivity contribution in [3.05, 3.63) is 182 Å². The Morgan fingerprint density at radius 3 is 1.10 bits per heavy atom. The predicted octanol–water partition coefficient (Wildman–Crippen LogP) is 12.9. The fraction of sp³-hybridized carbons (Fsp3) is 0. The van der Waals surface area contributed by atoms with Gasteiger partial charge in [-0.1, -0.05) is 146 Å². The Morgan fingerprint density at radius 2 is 0.640 bits per heavy atom. The Bertz CT molecular complexity index is 2860. The number of nitrogens with zero attached hydrogens (tertiary/aromatic N) is 2. The van der Waals surface area contributed by atoms with Crippen LogP contribution in [-0.2, 0) is 0 Å². The van der Waals surface area contributed by atoms with E-state index in [1.807, 2.05) is 0 Å². The van der Waals surface area contributed by atoms with Crippen LogP contribution < -0.4 is 0 Å². The van der Waals surface area contributed by atoms with Crippen molar-refractivity contribution in [3.8, 4) is 44.5 Å². The lowest BCUT2D eigenvalue weighted by atomic mass is 9.95. The van der Waals surface area contributed by atoms with E-state index in [-0.39, 0.29) is 0 Å². The molecule has 0 saturated carbocycles. The molecule has 2 heteroatoms. The van der Waals surface area contributed by atoms with Crippen molar-refractivity contribution in [3.63, 3.8) is 0 Å². The summed E-state index contributed by atoms with van der Waals surface area (Å²) in [6.45, 7) is 0. The Hall–Kier alpha value is -6.64. The summed E-state index contributed by atoms with van der Waals surface area (Å²) in [6.07, 6.45) is 0. The van der Waals surface area contributed by atoms with Gasteiger partial charge in [-0.25, -0.2) is 0 Å². The van der Waals surface area contributed by atoms with Crippen molar-refractivity contribution in [2.24, 2.45) is 0 Å². The Labute approximate surface area is 289 Å². The number of aromatic nitrogens is 2. The van der Waals surface area contributed by atoms with Gasteiger partial charge in [0, 0.05) is 21.5 Å². The van der Waals surface area contributed by atoms with Crippen molar-refractivity contribution >= 4 is 54.6 Å². The van der Waals surface area contributed by atoms with Crippen LogP contribution in [0, 0.1) is 0 Å². The molecule has 2 nitrogen and oxygen atoms in total. The molecule has 0 aliphatic rings. The van der Waals surface area contributed by atoms with E-state index in [9.17, 15) is 0 Å². The van der Waals surface area contributed by atoms with E-state index in [4.69, 9.17) is 0 Å². The lowest BCUT2D eigenvalue weighted by molar-refractivity contribution is 1.26. The molecule has 11 aromatic rings. The number of fused-ring (bicyclic) bond motifs is 8. The van der Waals surface area contributed by atoms with Crippen LogP contribution in [0.4, 0.5) is 0 Å². The SMILES string of the molecule is c1ccc(-c2cccc(-c3ccc4c5c3c3ccccc3n5c3ccc(-c5cccc(-c6ccccc6)c5)c5c6ccccc6n4c53)c2)cc1. The smallest absolute Gasteiger partial charge is 0.0789 e. The molecule has 11 rings (SSSR count). The molecule has 3 aromatic heterocycles. The van der Waals surface area contributed by atoms with Gasteiger partial charge in [-0.2, -0.15) is 0 Å². The first-order chi connectivity index (χ1) is 24.8. The summed E-state index contributed by atoms with van der Waals surface area (Å²) < 4.78 is 5.05. The molecule has 0 aliphatic carbocycles. The third-order valence-corrected chi connectivity index (χ3v) is 10.6. The molecule has 8 aromatic carbocycles. The molecule has 0 N–H and O–H groups in total. The topological polar surface area (TPSA) is 8.82 Å². The lowest BCUT2D eigenvalue weighted by Crippen LogP contribution is -1.98. The van der Waals surface area contributed by atoms with Crippen molar-refractivity contribution in [2.45, 2.75) is 0 Å². The molecule has 0 atom stereocenters. The van der Waals surface area contributed by atoms with E-state index >= 15 is 0 Å². The molecule has 0 spiro atoms. The molecule has 0 bridgehead atoms. The minimum absolute atomic E-state index is 1.22. The highest BCUT2D eigenvalue weighted by molar-refractivity contribution is 6.26. The zero-order chi connectivity index (χ0) is 32.8. The Balaban J connectivity index is 1.26. The van der Waals surface area contributed by atoms with Gasteiger partial charge in [0.05, 0.1) is 33.1 Å². The second kappa shape index (κ2) is 10.4. The van der Waals surface area contributed by atoms with Gasteiger partial charge >= 0.3 is 0 Å². The van der Waals surface area contributed by atoms with Gasteiger partial charge in [-0.3, -0.25) is 0 Å². The summed E-state index contributed by atoms with van der Waals surface area (Å²) in [6, 6.07) is 66.6. The third-order valence-electron chi connectivity index (χ3n) is 10.6. The standard InChI is InChI=1S/C48H30N2/c1-3-13-31(14-4-1)33-17-11-19-35(29-33)37-25-27-43-47-45(37)39-21-7-9-23-41(39)49(47)44-28-26-38(46-40-22-8-10-24-42(40)50(43)48(44)46)36-20-12-18-34(30-36)32-15-5-2-6-16-32/h1-30H. The average Bonchev–Trinajstić information content (AvgIpc) is 3.73. The van der Waals surface area contributed by atoms with Crippen LogP contribution in [0.3, 0.4) is 0 Å². The van der Waals surface area contributed by atoms with Crippen LogP contribution in [0.25, 0.3) is 99.2 Å². The van der Waals surface area contributed by atoms with E-state index in [1.165, 1.54) is 99.2 Å². The van der Waals surface area contributed by atoms with E-state index < -0.39 is 0 Å². The van der Waals surface area contributed by atoms with E-state index in [1.54, 1.807) is 0 Å². The van der Waals surface area contributed by atoms with Crippen LogP contribution >= 0.6 is 0 Å². The summed E-state index contributed by atoms with van der Waals surface area (Å²) >= 11 is 0. The van der Waals surface area contributed by atoms with E-state index in [0.717, 1.165) is 0 Å². The van der Waals surface area contributed by atoms with E-state index in [0.29, 0.717) is 0 Å². The fourth-order valence-electron chi connectivity index (χ4n) is 8.50. The number of benzene rings is 8. The zero-order valence-corrected chi connectivity index (χ0v) is 27.2. The average molecular weight is 635 g/mol. The first kappa shape index (κ1) is 27.3. The first-order valence-corrected chi connectivity index (χ1v) is 17.3. The quantitative estimate of drug-likeness (QED) is 0.170. The van der Waals surface area contributed by atoms with Crippen molar-refractivity contribution < 1.29 is 0 Å². The molecule has 0 amide bonds. The van der Waals surface area contributed by atoms with Gasteiger partial charge in [0.25, 0.3) is 0 Å². The van der Waals surface area contributed by atoms with Crippen molar-refractivity contribution in [2.75, 3.05) is 0 Å². The monoisotopic (exact) mass is 634 g/mol. The van der Waals surface area contributed by atoms with Crippen molar-refractivity contribution in [1.82, 2.24) is 8.80 Å². The molecule has 0 unspecified atom stereocenters. The molecule has 50 heavy (non-hydrogen) atoms. The molecule has 0 fully saturated rings. The van der Waals surface area contributed by atoms with Crippen LogP contribution in [0.5, 0.6) is 0 Å². The second-order valence-electron chi connectivity index (χ2n) is 13.3. The Kier molecular flexibility index (Phi) is 5.70. The Morgan fingerprint density at radius 1 is 0.260 bits per heavy atom. The van der Waals surface area contributed by atoms with Gasteiger partial charge in [0.2, 0.25) is 0 Å². The van der Waals surface area contributed by atoms with Gasteiger partial charge in [-0.15, -0.1) is 0 Å². The number of para-hydroxylation sites is 2. The summed E-state index contributed by atoms with van der Waals surface area (Å²) in [4.78, 5) is 0. The highest BCUT2D eigenvalue weighted by Gasteiger charge is 2.24. The minimum Gasteiger partial charge on any atom is -0.305 e. The highest BCUT2D eigenvalue weighted by atomic mass is 15.0. The maximum Gasteiger partial charge on any atom is 0.0789 e. The first-order valence-electron chi connectivity index (χ1n) is 17.3. The largest absolute Gasteiger partial charge is 0.305 e. The second-order valence-corrected chi connectivity index (χ2v) is 13.3. The van der Waals surface area contributed by atoms with Crippen molar-refractivity contribution in [1.29, 1.82) is 0 Å². The summed E-state index contributed by atoms with van der Waals surface area (Å²) in [5, 5.41) is 5.12. The fourth-order valence-corrected chi connectivity index (χ4v) is 8.50. The molecule has 0 aliphatic heterocycles. The molecule has 3 heterocycles. The number of hydrogen-bond acceptors (Lipinski definition) is 0. The normalized spacial score (nSPS) is 12.0. The van der Waals surface area contributed by atoms with Crippen LogP contribution in [-0.4, -0.2) is 8.80 Å². The van der Waals surface area contributed by atoms with Crippen LogP contribution in [0.1, 0.15) is 0 Å². The lowest BCUT2D eigenvalue weighted by Gasteiger charge is -2.15. The molecule has 232 valence electrons. The summed E-state index contributed by atoms with van der Waals surface area (Å²) in [7, 11) is 0. The zero-order valence-electron chi connectivity index (χ0n) is 27.2. The van der Waals surface area contributed by atoms with E-state index in [2.05, 4.69) is 191 Å². The van der Waals surface area contributed by atoms with Gasteiger partial charge in [0.1, 0.15) is 0 Å². The maximum atomic E-state index is 2.52. The van der Waals surface area contributed by atoms with Gasteiger partial charge in [0.15, 0.2) is 0 Å².